The molecule has 58 heavy (non-hydrogen) atoms. The lowest BCUT2D eigenvalue weighted by molar-refractivity contribution is -0.257. The van der Waals surface area contributed by atoms with Crippen LogP contribution in [0.5, 0.6) is 11.8 Å². The predicted molar refractivity (Wildman–Crippen MR) is 206 cm³/mol. The van der Waals surface area contributed by atoms with Gasteiger partial charge in [-0.1, -0.05) is 44.6 Å². The molecule has 2 aliphatic heterocycles. The first-order valence-corrected chi connectivity index (χ1v) is 20.9. The summed E-state index contributed by atoms with van der Waals surface area (Å²) in [7, 11) is -2.72. The number of esters is 1. The van der Waals surface area contributed by atoms with Crippen LogP contribution in [0.25, 0.3) is 10.8 Å². The molecule has 3 heterocycles. The minimum absolute atomic E-state index is 0.00395. The second kappa shape index (κ2) is 16.1. The van der Waals surface area contributed by atoms with Gasteiger partial charge in [0.1, 0.15) is 6.10 Å². The molecule has 0 spiro atoms. The third-order valence-corrected chi connectivity index (χ3v) is 14.4. The summed E-state index contributed by atoms with van der Waals surface area (Å²) in [5.41, 5.74) is -6.45. The number of hydrogen-bond acceptors (Lipinski definition) is 11. The van der Waals surface area contributed by atoms with E-state index in [9.17, 15) is 36.0 Å². The highest BCUT2D eigenvalue weighted by molar-refractivity contribution is 7.91. The molecule has 2 amide bonds. The molecular formula is C41H53F3N4O9S. The van der Waals surface area contributed by atoms with Gasteiger partial charge in [0.2, 0.25) is 39.2 Å². The first kappa shape index (κ1) is 35.6. The normalized spacial score (nSPS) is 31.6. The van der Waals surface area contributed by atoms with Crippen LogP contribution in [-0.4, -0.2) is 89.4 Å². The topological polar surface area (TPSA) is 171 Å². The largest absolute Gasteiger partial charge is 0.479 e. The third kappa shape index (κ3) is 8.69. The van der Waals surface area contributed by atoms with E-state index in [1.807, 2.05) is 13.0 Å². The van der Waals surface area contributed by atoms with Gasteiger partial charge in [-0.25, -0.2) is 8.42 Å². The van der Waals surface area contributed by atoms with Crippen molar-refractivity contribution in [2.45, 2.75) is 127 Å². The summed E-state index contributed by atoms with van der Waals surface area (Å²) in [6.07, 6.45) is -3.26. The Hall–Kier alpha value is -4.28. The van der Waals surface area contributed by atoms with Crippen LogP contribution in [0.1, 0.15) is 107 Å². The van der Waals surface area contributed by atoms with E-state index in [1.54, 1.807) is 37.3 Å². The van der Waals surface area contributed by atoms with Gasteiger partial charge in [-0.05, 0) is 89.0 Å². The number of ketones is 1. The first-order chi connectivity index (χ1) is 29.6. The number of amides is 2. The zero-order valence-corrected chi connectivity index (χ0v) is 33.6. The van der Waals surface area contributed by atoms with Gasteiger partial charge in [-0.3, -0.25) is 23.9 Å². The van der Waals surface area contributed by atoms with Crippen LogP contribution in [-0.2, 0) is 33.9 Å². The van der Waals surface area contributed by atoms with Crippen molar-refractivity contribution in [3.05, 3.63) is 36.4 Å². The molecule has 2 aromatic rings. The highest BCUT2D eigenvalue weighted by atomic mass is 32.2. The number of alkyl halides is 3. The van der Waals surface area contributed by atoms with E-state index >= 15 is 4.79 Å². The molecule has 6 rings (SSSR count). The molecule has 2 aliphatic carbocycles. The molecule has 1 aromatic heterocycles. The van der Waals surface area contributed by atoms with E-state index in [0.717, 1.165) is 4.90 Å². The summed E-state index contributed by atoms with van der Waals surface area (Å²) >= 11 is 0. The van der Waals surface area contributed by atoms with Crippen molar-refractivity contribution in [2.75, 3.05) is 13.7 Å². The standard InChI is InChI=1S/C41H53F3N4O9S/c1-7-25-18-24(2)12-8-9-13-26-21-40(26,37(52)47-58(53,54)39(5)16-17-39)22-32(49)31-19-27(56-35-29-15-11-10-14-28(29)34(55-6)45-46-35)23-48(31)36(51)30(25)20-33(50)57-38(3,4)41(42,43)44/h9-11,13-15,24-27,30-31H,7-8,12,16-23H2,1-6H3,(H,47,52)/b13-9-/t24-,25-,26-,27-,30+,31+,40-/m1/s1/i3D3,4D3. The lowest BCUT2D eigenvalue weighted by Crippen LogP contribution is -2.49. The van der Waals surface area contributed by atoms with Crippen molar-refractivity contribution in [1.82, 2.24) is 19.8 Å². The van der Waals surface area contributed by atoms with E-state index < -0.39 is 112 Å². The second-order valence-corrected chi connectivity index (χ2v) is 18.7. The molecule has 3 fully saturated rings. The molecule has 0 bridgehead atoms. The molecule has 13 nitrogen and oxygen atoms in total. The van der Waals surface area contributed by atoms with Crippen LogP contribution in [0.3, 0.4) is 0 Å². The SMILES string of the molecule is [2H]C([2H])([2H])C(OC(=O)C[C@@H]1C(=O)N2C[C@H](Oc3nnc(OC)c4ccccc34)C[C@H]2C(=O)C[C@]2(C(=O)NS(=O)(=O)C3(C)CC3)C[C@H]2/C=C\CC[C@@H](C)C[C@H]1CC)(C([2H])([2H])[2H])C(F)(F)F. The molecule has 1 aromatic carbocycles. The van der Waals surface area contributed by atoms with Gasteiger partial charge in [-0.2, -0.15) is 13.2 Å². The number of halogens is 3. The minimum Gasteiger partial charge on any atom is -0.479 e. The van der Waals surface area contributed by atoms with Crippen LogP contribution in [0, 0.1) is 29.1 Å². The Morgan fingerprint density at radius 3 is 2.38 bits per heavy atom. The Labute approximate surface area is 345 Å². The Balaban J connectivity index is 1.41. The quantitative estimate of drug-likeness (QED) is 0.212. The molecule has 17 heteroatoms. The summed E-state index contributed by atoms with van der Waals surface area (Å²) in [6, 6.07) is 5.43. The fraction of sp³-hybridized carbons (Fsp3) is 0.659. The van der Waals surface area contributed by atoms with Gasteiger partial charge in [0.05, 0.1) is 53.0 Å². The number of Topliss-reactive ketones (excluding diaryl/α,β-unsaturated/α-hetero) is 1. The van der Waals surface area contributed by atoms with Crippen molar-refractivity contribution in [1.29, 1.82) is 0 Å². The Morgan fingerprint density at radius 1 is 1.09 bits per heavy atom. The van der Waals surface area contributed by atoms with Crippen LogP contribution < -0.4 is 14.2 Å². The molecule has 2 saturated carbocycles. The van der Waals surface area contributed by atoms with Gasteiger partial charge in [0.15, 0.2) is 5.78 Å². The highest BCUT2D eigenvalue weighted by Gasteiger charge is 2.63. The van der Waals surface area contributed by atoms with E-state index in [0.29, 0.717) is 36.5 Å². The molecule has 7 atom stereocenters. The summed E-state index contributed by atoms with van der Waals surface area (Å²) < 4.78 is 134. The molecule has 4 aliphatic rings. The van der Waals surface area contributed by atoms with Crippen molar-refractivity contribution in [2.24, 2.45) is 29.1 Å². The summed E-state index contributed by atoms with van der Waals surface area (Å²) in [5.74, 6) is -7.22. The van der Waals surface area contributed by atoms with Crippen LogP contribution in [0.2, 0.25) is 0 Å². The maximum atomic E-state index is 15.1. The van der Waals surface area contributed by atoms with Gasteiger partial charge < -0.3 is 19.1 Å². The number of methoxy groups -OCH3 is 1. The van der Waals surface area contributed by atoms with Crippen molar-refractivity contribution in [3.63, 3.8) is 0 Å². The average Bonchev–Trinajstić information content (AvgIpc) is 4.08. The summed E-state index contributed by atoms with van der Waals surface area (Å²) in [5, 5.41) is 9.23. The number of carbonyl (C=O) groups is 4. The second-order valence-electron chi connectivity index (χ2n) is 16.5. The van der Waals surface area contributed by atoms with Gasteiger partial charge in [0.25, 0.3) is 0 Å². The van der Waals surface area contributed by atoms with E-state index in [2.05, 4.69) is 19.7 Å². The number of hydrogen-bond donors (Lipinski definition) is 1. The molecule has 318 valence electrons. The number of fused-ring (bicyclic) bond motifs is 3. The Kier molecular flexibility index (Phi) is 9.87. The number of rotatable bonds is 10. The molecule has 1 saturated heterocycles. The van der Waals surface area contributed by atoms with E-state index in [-0.39, 0.29) is 49.9 Å². The summed E-state index contributed by atoms with van der Waals surface area (Å²) in [4.78, 5) is 58.8. The van der Waals surface area contributed by atoms with Crippen molar-refractivity contribution in [3.8, 4) is 11.8 Å². The number of nitrogens with one attached hydrogen (secondary N) is 1. The number of allylic oxidation sites excluding steroid dienone is 2. The minimum atomic E-state index is -6.11. The lowest BCUT2D eigenvalue weighted by Gasteiger charge is -2.34. The smallest absolute Gasteiger partial charge is 0.427 e. The number of benzene rings is 1. The van der Waals surface area contributed by atoms with Crippen molar-refractivity contribution < 1.29 is 63.2 Å². The third-order valence-electron chi connectivity index (χ3n) is 12.3. The number of aromatic nitrogens is 2. The number of ether oxygens (including phenoxy) is 3. The van der Waals surface area contributed by atoms with Crippen LogP contribution >= 0.6 is 0 Å². The first-order valence-electron chi connectivity index (χ1n) is 22.5. The Morgan fingerprint density at radius 2 is 1.76 bits per heavy atom. The van der Waals surface area contributed by atoms with Crippen molar-refractivity contribution >= 4 is 44.4 Å². The molecular weight excluding hydrogens is 782 g/mol. The molecule has 1 N–H and O–H groups in total. The van der Waals surface area contributed by atoms with Gasteiger partial charge in [-0.15, -0.1) is 10.2 Å². The lowest BCUT2D eigenvalue weighted by atomic mass is 9.79. The zero-order valence-electron chi connectivity index (χ0n) is 38.8. The number of carbonyl (C=O) groups excluding carboxylic acids is 4. The average molecular weight is 841 g/mol. The zero-order chi connectivity index (χ0) is 47.4. The fourth-order valence-electron chi connectivity index (χ4n) is 8.24. The number of nitrogens with zero attached hydrogens (tertiary/aromatic N) is 3. The predicted octanol–water partition coefficient (Wildman–Crippen LogP) is 6.24. The monoisotopic (exact) mass is 840 g/mol. The van der Waals surface area contributed by atoms with E-state index in [4.69, 9.17) is 17.7 Å². The Bertz CT molecular complexity index is 2260. The van der Waals surface area contributed by atoms with Crippen LogP contribution in [0.15, 0.2) is 36.4 Å². The van der Waals surface area contributed by atoms with Crippen LogP contribution in [0.4, 0.5) is 13.2 Å². The highest BCUT2D eigenvalue weighted by Crippen LogP contribution is 2.58. The maximum absolute atomic E-state index is 15.1. The summed E-state index contributed by atoms with van der Waals surface area (Å²) in [6.45, 7) is -4.14. The van der Waals surface area contributed by atoms with E-state index in [1.165, 1.54) is 14.0 Å². The fourth-order valence-corrected chi connectivity index (χ4v) is 9.58. The van der Waals surface area contributed by atoms with Gasteiger partial charge in [0, 0.05) is 21.1 Å². The molecule has 0 radical (unpaired) electrons. The number of sulfonamides is 1. The maximum Gasteiger partial charge on any atom is 0.427 e. The van der Waals surface area contributed by atoms with Gasteiger partial charge >= 0.3 is 12.1 Å². The molecule has 0 unspecified atom stereocenters.